The van der Waals surface area contributed by atoms with E-state index in [2.05, 4.69) is 53.7 Å². The first kappa shape index (κ1) is 19.4. The number of nitrogens with two attached hydrogens (primary N) is 1. The zero-order valence-corrected chi connectivity index (χ0v) is 14.4. The quantitative estimate of drug-likeness (QED) is 0.878. The predicted molar refractivity (Wildman–Crippen MR) is 89.4 cm³/mol. The molecule has 0 amide bonds. The first-order valence-electron chi connectivity index (χ1n) is 7.06. The summed E-state index contributed by atoms with van der Waals surface area (Å²) in [6, 6.07) is 8.22. The molecule has 1 rings (SSSR count). The van der Waals surface area contributed by atoms with Gasteiger partial charge in [-0.25, -0.2) is 0 Å². The van der Waals surface area contributed by atoms with Gasteiger partial charge < -0.3 is 10.8 Å². The Kier molecular flexibility index (Phi) is 6.73. The summed E-state index contributed by atoms with van der Waals surface area (Å²) in [4.78, 5) is 0. The van der Waals surface area contributed by atoms with E-state index in [-0.39, 0.29) is 29.3 Å². The lowest BCUT2D eigenvalue weighted by atomic mass is 9.82. The van der Waals surface area contributed by atoms with Crippen LogP contribution in [0.2, 0.25) is 0 Å². The molecule has 3 heteroatoms. The molecule has 2 nitrogen and oxygen atoms in total. The molecule has 0 aromatic heterocycles. The zero-order valence-electron chi connectivity index (χ0n) is 13.6. The van der Waals surface area contributed by atoms with Crippen LogP contribution in [0.25, 0.3) is 0 Å². The van der Waals surface area contributed by atoms with Gasteiger partial charge in [0, 0.05) is 6.04 Å². The number of aliphatic hydroxyl groups is 1. The van der Waals surface area contributed by atoms with Crippen LogP contribution in [-0.2, 0) is 5.41 Å². The van der Waals surface area contributed by atoms with E-state index < -0.39 is 6.10 Å². The molecule has 0 fully saturated rings. The standard InChI is InChI=1S/C17H29NO.ClH/c1-16(2,3)13-9-7-12(8-10-13)14(19)11-15(18)17(4,5)6;/h7-10,14-15,19H,11,18H2,1-6H3;1H/t14-,15-;/m0./s1. The lowest BCUT2D eigenvalue weighted by Gasteiger charge is -2.29. The van der Waals surface area contributed by atoms with E-state index in [0.29, 0.717) is 6.42 Å². The van der Waals surface area contributed by atoms with Crippen LogP contribution in [0.3, 0.4) is 0 Å². The highest BCUT2D eigenvalue weighted by Gasteiger charge is 2.24. The molecule has 2 atom stereocenters. The summed E-state index contributed by atoms with van der Waals surface area (Å²) >= 11 is 0. The molecule has 0 aliphatic carbocycles. The fraction of sp³-hybridized carbons (Fsp3) is 0.647. The van der Waals surface area contributed by atoms with Gasteiger partial charge in [0.15, 0.2) is 0 Å². The van der Waals surface area contributed by atoms with Crippen LogP contribution in [0.4, 0.5) is 0 Å². The Morgan fingerprint density at radius 1 is 1.00 bits per heavy atom. The lowest BCUT2D eigenvalue weighted by Crippen LogP contribution is -2.36. The number of hydrogen-bond donors (Lipinski definition) is 2. The maximum Gasteiger partial charge on any atom is 0.0805 e. The lowest BCUT2D eigenvalue weighted by molar-refractivity contribution is 0.133. The van der Waals surface area contributed by atoms with E-state index >= 15 is 0 Å². The summed E-state index contributed by atoms with van der Waals surface area (Å²) in [6.07, 6.45) is 0.112. The Labute approximate surface area is 130 Å². The van der Waals surface area contributed by atoms with Crippen molar-refractivity contribution in [1.82, 2.24) is 0 Å². The van der Waals surface area contributed by atoms with Gasteiger partial charge in [0.2, 0.25) is 0 Å². The van der Waals surface area contributed by atoms with Crippen molar-refractivity contribution in [3.05, 3.63) is 35.4 Å². The fourth-order valence-electron chi connectivity index (χ4n) is 1.94. The first-order chi connectivity index (χ1) is 8.51. The van der Waals surface area contributed by atoms with Crippen molar-refractivity contribution in [1.29, 1.82) is 0 Å². The average molecular weight is 300 g/mol. The Morgan fingerprint density at radius 2 is 1.45 bits per heavy atom. The maximum atomic E-state index is 10.3. The summed E-state index contributed by atoms with van der Waals surface area (Å²) in [6.45, 7) is 12.9. The van der Waals surface area contributed by atoms with Crippen LogP contribution >= 0.6 is 12.4 Å². The summed E-state index contributed by atoms with van der Waals surface area (Å²) in [5, 5.41) is 10.3. The minimum Gasteiger partial charge on any atom is -0.388 e. The predicted octanol–water partition coefficient (Wildman–Crippen LogP) is 4.20. The minimum atomic E-state index is -0.483. The summed E-state index contributed by atoms with van der Waals surface area (Å²) in [7, 11) is 0. The molecule has 20 heavy (non-hydrogen) atoms. The molecule has 3 N–H and O–H groups in total. The molecule has 0 heterocycles. The van der Waals surface area contributed by atoms with Gasteiger partial charge in [-0.3, -0.25) is 0 Å². The fourth-order valence-corrected chi connectivity index (χ4v) is 1.94. The summed E-state index contributed by atoms with van der Waals surface area (Å²) < 4.78 is 0. The van der Waals surface area contributed by atoms with Crippen LogP contribution in [0.15, 0.2) is 24.3 Å². The van der Waals surface area contributed by atoms with E-state index in [1.807, 2.05) is 12.1 Å². The SMILES string of the molecule is CC(C)(C)c1ccc([C@@H](O)C[C@H](N)C(C)(C)C)cc1.Cl. The van der Waals surface area contributed by atoms with Crippen LogP contribution in [-0.4, -0.2) is 11.1 Å². The van der Waals surface area contributed by atoms with E-state index in [0.717, 1.165) is 5.56 Å². The minimum absolute atomic E-state index is 0. The third-order valence-corrected chi connectivity index (χ3v) is 3.75. The monoisotopic (exact) mass is 299 g/mol. The highest BCUT2D eigenvalue weighted by atomic mass is 35.5. The molecule has 116 valence electrons. The summed E-state index contributed by atoms with van der Waals surface area (Å²) in [5.41, 5.74) is 8.53. The van der Waals surface area contributed by atoms with Crippen molar-refractivity contribution < 1.29 is 5.11 Å². The van der Waals surface area contributed by atoms with Crippen molar-refractivity contribution in [3.8, 4) is 0 Å². The molecule has 0 radical (unpaired) electrons. The molecule has 0 aliphatic rings. The van der Waals surface area contributed by atoms with Crippen molar-refractivity contribution in [2.75, 3.05) is 0 Å². The third kappa shape index (κ3) is 5.43. The molecule has 0 spiro atoms. The Morgan fingerprint density at radius 3 is 1.80 bits per heavy atom. The van der Waals surface area contributed by atoms with Crippen molar-refractivity contribution in [2.45, 2.75) is 65.5 Å². The van der Waals surface area contributed by atoms with Crippen molar-refractivity contribution in [3.63, 3.8) is 0 Å². The molecule has 0 aliphatic heterocycles. The van der Waals surface area contributed by atoms with E-state index in [4.69, 9.17) is 5.73 Å². The smallest absolute Gasteiger partial charge is 0.0805 e. The molecular formula is C17H30ClNO. The Hall–Kier alpha value is -0.570. The van der Waals surface area contributed by atoms with E-state index in [1.165, 1.54) is 5.56 Å². The molecule has 0 bridgehead atoms. The van der Waals surface area contributed by atoms with E-state index in [1.54, 1.807) is 0 Å². The number of aliphatic hydroxyl groups excluding tert-OH is 1. The van der Waals surface area contributed by atoms with Crippen molar-refractivity contribution >= 4 is 12.4 Å². The average Bonchev–Trinajstić information content (AvgIpc) is 2.26. The van der Waals surface area contributed by atoms with Gasteiger partial charge in [0.25, 0.3) is 0 Å². The van der Waals surface area contributed by atoms with Gasteiger partial charge in [-0.2, -0.15) is 0 Å². The second-order valence-corrected chi connectivity index (χ2v) is 7.60. The maximum absolute atomic E-state index is 10.3. The second-order valence-electron chi connectivity index (χ2n) is 7.60. The van der Waals surface area contributed by atoms with Gasteiger partial charge in [-0.15, -0.1) is 12.4 Å². The van der Waals surface area contributed by atoms with Crippen LogP contribution < -0.4 is 5.73 Å². The Bertz CT molecular complexity index is 400. The van der Waals surface area contributed by atoms with Gasteiger partial charge in [0.1, 0.15) is 0 Å². The van der Waals surface area contributed by atoms with Gasteiger partial charge in [-0.1, -0.05) is 65.8 Å². The topological polar surface area (TPSA) is 46.2 Å². The third-order valence-electron chi connectivity index (χ3n) is 3.75. The summed E-state index contributed by atoms with van der Waals surface area (Å²) in [5.74, 6) is 0. The van der Waals surface area contributed by atoms with Crippen LogP contribution in [0.1, 0.15) is 65.2 Å². The van der Waals surface area contributed by atoms with Gasteiger partial charge >= 0.3 is 0 Å². The second kappa shape index (κ2) is 6.93. The van der Waals surface area contributed by atoms with Crippen LogP contribution in [0.5, 0.6) is 0 Å². The van der Waals surface area contributed by atoms with Crippen LogP contribution in [0, 0.1) is 5.41 Å². The number of benzene rings is 1. The van der Waals surface area contributed by atoms with E-state index in [9.17, 15) is 5.11 Å². The van der Waals surface area contributed by atoms with Gasteiger partial charge in [-0.05, 0) is 28.4 Å². The first-order valence-corrected chi connectivity index (χ1v) is 7.06. The molecule has 1 aromatic rings. The molecule has 1 aromatic carbocycles. The Balaban J connectivity index is 0.00000361. The normalized spacial score (nSPS) is 15.4. The largest absolute Gasteiger partial charge is 0.388 e. The number of hydrogen-bond acceptors (Lipinski definition) is 2. The van der Waals surface area contributed by atoms with Crippen molar-refractivity contribution in [2.24, 2.45) is 11.1 Å². The number of rotatable bonds is 3. The number of halogens is 1. The van der Waals surface area contributed by atoms with Gasteiger partial charge in [0.05, 0.1) is 6.10 Å². The molecule has 0 unspecified atom stereocenters. The molecule has 0 saturated carbocycles. The highest BCUT2D eigenvalue weighted by Crippen LogP contribution is 2.28. The molecular weight excluding hydrogens is 270 g/mol. The highest BCUT2D eigenvalue weighted by molar-refractivity contribution is 5.85. The molecule has 0 saturated heterocycles. The zero-order chi connectivity index (χ0) is 14.8.